The van der Waals surface area contributed by atoms with Gasteiger partial charge in [0, 0.05) is 6.42 Å². The smallest absolute Gasteiger partial charge is 0.319 e. The van der Waals surface area contributed by atoms with Gasteiger partial charge in [0.1, 0.15) is 10.9 Å². The van der Waals surface area contributed by atoms with Crippen LogP contribution in [-0.4, -0.2) is 16.9 Å². The molecular formula is C30H49BrO2. The molecule has 0 aromatic rings. The summed E-state index contributed by atoms with van der Waals surface area (Å²) in [7, 11) is 0. The molecule has 188 valence electrons. The second-order valence-corrected chi connectivity index (χ2v) is 14.6. The second kappa shape index (κ2) is 9.98. The van der Waals surface area contributed by atoms with E-state index in [1.54, 1.807) is 5.57 Å². The molecule has 4 rings (SSSR count). The zero-order valence-corrected chi connectivity index (χ0v) is 23.8. The summed E-state index contributed by atoms with van der Waals surface area (Å²) >= 11 is 3.37. The molecule has 0 heterocycles. The Balaban J connectivity index is 1.45. The highest BCUT2D eigenvalue weighted by Crippen LogP contribution is 2.67. The third kappa shape index (κ3) is 4.88. The molecular weight excluding hydrogens is 472 g/mol. The normalized spacial score (nSPS) is 42.1. The minimum absolute atomic E-state index is 0.0739. The van der Waals surface area contributed by atoms with E-state index in [-0.39, 0.29) is 16.9 Å². The topological polar surface area (TPSA) is 26.3 Å². The molecule has 0 aromatic heterocycles. The number of allylic oxidation sites excluding steroid dienone is 1. The van der Waals surface area contributed by atoms with Gasteiger partial charge in [0.05, 0.1) is 0 Å². The van der Waals surface area contributed by atoms with Crippen molar-refractivity contribution < 1.29 is 9.53 Å². The Kier molecular flexibility index (Phi) is 7.79. The average Bonchev–Trinajstić information content (AvgIpc) is 3.11. The van der Waals surface area contributed by atoms with Crippen LogP contribution in [0.1, 0.15) is 112 Å². The molecule has 3 heteroatoms. The number of ether oxygens (including phenoxy) is 1. The number of hydrogen-bond acceptors (Lipinski definition) is 2. The van der Waals surface area contributed by atoms with E-state index in [2.05, 4.69) is 56.6 Å². The van der Waals surface area contributed by atoms with E-state index < -0.39 is 0 Å². The molecule has 0 aromatic carbocycles. The van der Waals surface area contributed by atoms with Crippen molar-refractivity contribution in [2.75, 3.05) is 0 Å². The van der Waals surface area contributed by atoms with Crippen LogP contribution in [0.25, 0.3) is 0 Å². The van der Waals surface area contributed by atoms with Crippen LogP contribution >= 0.6 is 15.9 Å². The lowest BCUT2D eigenvalue weighted by atomic mass is 9.47. The lowest BCUT2D eigenvalue weighted by Crippen LogP contribution is -2.51. The summed E-state index contributed by atoms with van der Waals surface area (Å²) < 4.78 is 5.83. The van der Waals surface area contributed by atoms with Gasteiger partial charge in [-0.1, -0.05) is 81.5 Å². The summed E-state index contributed by atoms with van der Waals surface area (Å²) in [6.45, 7) is 14.4. The van der Waals surface area contributed by atoms with Crippen molar-refractivity contribution in [1.82, 2.24) is 0 Å². The van der Waals surface area contributed by atoms with Crippen molar-refractivity contribution in [2.24, 2.45) is 46.3 Å². The predicted octanol–water partition coefficient (Wildman–Crippen LogP) is 8.72. The molecule has 0 amide bonds. The third-order valence-electron chi connectivity index (χ3n) is 10.9. The van der Waals surface area contributed by atoms with Crippen molar-refractivity contribution in [1.29, 1.82) is 0 Å². The van der Waals surface area contributed by atoms with Crippen LogP contribution in [0.4, 0.5) is 0 Å². The van der Waals surface area contributed by atoms with E-state index in [9.17, 15) is 4.79 Å². The van der Waals surface area contributed by atoms with Gasteiger partial charge in [0.2, 0.25) is 0 Å². The van der Waals surface area contributed by atoms with Crippen LogP contribution in [0.5, 0.6) is 0 Å². The van der Waals surface area contributed by atoms with Crippen molar-refractivity contribution in [2.45, 2.75) is 123 Å². The summed E-state index contributed by atoms with van der Waals surface area (Å²) in [6.07, 6.45) is 17.1. The third-order valence-corrected chi connectivity index (χ3v) is 11.2. The molecule has 4 aliphatic rings. The highest BCUT2D eigenvalue weighted by atomic mass is 79.9. The predicted molar refractivity (Wildman–Crippen MR) is 141 cm³/mol. The Hall–Kier alpha value is -0.310. The van der Waals surface area contributed by atoms with Crippen molar-refractivity contribution >= 4 is 21.9 Å². The van der Waals surface area contributed by atoms with Crippen LogP contribution in [0.15, 0.2) is 11.6 Å². The van der Waals surface area contributed by atoms with Crippen LogP contribution in [0.2, 0.25) is 0 Å². The molecule has 2 nitrogen and oxygen atoms in total. The van der Waals surface area contributed by atoms with Crippen LogP contribution in [0.3, 0.4) is 0 Å². The summed E-state index contributed by atoms with van der Waals surface area (Å²) in [5.74, 6) is 5.14. The fourth-order valence-corrected chi connectivity index (χ4v) is 9.12. The first kappa shape index (κ1) is 25.8. The van der Waals surface area contributed by atoms with Crippen molar-refractivity contribution in [3.05, 3.63) is 11.6 Å². The molecule has 6 unspecified atom stereocenters. The first-order valence-electron chi connectivity index (χ1n) is 14.1. The van der Waals surface area contributed by atoms with Crippen molar-refractivity contribution in [3.8, 4) is 0 Å². The molecule has 0 aliphatic heterocycles. The number of carbonyl (C=O) groups excluding carboxylic acids is 1. The first-order valence-corrected chi connectivity index (χ1v) is 15.0. The maximum absolute atomic E-state index is 12.1. The molecule has 0 bridgehead atoms. The molecule has 0 radical (unpaired) electrons. The quantitative estimate of drug-likeness (QED) is 0.190. The van der Waals surface area contributed by atoms with E-state index >= 15 is 0 Å². The Morgan fingerprint density at radius 1 is 1.06 bits per heavy atom. The largest absolute Gasteiger partial charge is 0.461 e. The molecule has 9 atom stereocenters. The van der Waals surface area contributed by atoms with E-state index in [4.69, 9.17) is 4.74 Å². The molecule has 0 N–H and O–H groups in total. The molecule has 0 saturated heterocycles. The molecule has 0 spiro atoms. The van der Waals surface area contributed by atoms with Gasteiger partial charge in [0.15, 0.2) is 0 Å². The average molecular weight is 522 g/mol. The van der Waals surface area contributed by atoms with E-state index in [0.29, 0.717) is 10.8 Å². The number of alkyl halides is 1. The molecule has 4 aliphatic carbocycles. The van der Waals surface area contributed by atoms with Gasteiger partial charge in [-0.2, -0.15) is 0 Å². The SMILES string of the molecule is CC(C)CCCC(C)C1CCC2C3CC=C4C[C@@H](OC(=O)C(C)Br)CC[C@]4(C)C3CC[C@]12C. The number of hydrogen-bond donors (Lipinski definition) is 0. The van der Waals surface area contributed by atoms with E-state index in [0.717, 1.165) is 48.3 Å². The number of rotatable bonds is 7. The number of halogens is 1. The molecule has 3 fully saturated rings. The minimum atomic E-state index is -0.213. The fraction of sp³-hybridized carbons (Fsp3) is 0.900. The van der Waals surface area contributed by atoms with Gasteiger partial charge in [-0.15, -0.1) is 0 Å². The zero-order chi connectivity index (χ0) is 24.0. The van der Waals surface area contributed by atoms with Gasteiger partial charge >= 0.3 is 5.97 Å². The fourth-order valence-electron chi connectivity index (χ4n) is 9.01. The number of fused-ring (bicyclic) bond motifs is 5. The summed E-state index contributed by atoms with van der Waals surface area (Å²) in [4.78, 5) is 11.9. The van der Waals surface area contributed by atoms with Crippen LogP contribution in [0, 0.1) is 46.3 Å². The Labute approximate surface area is 212 Å². The first-order chi connectivity index (χ1) is 15.6. The maximum atomic E-state index is 12.1. The molecule has 3 saturated carbocycles. The van der Waals surface area contributed by atoms with Gasteiger partial charge < -0.3 is 4.74 Å². The number of carbonyl (C=O) groups is 1. The van der Waals surface area contributed by atoms with Gasteiger partial charge in [-0.25, -0.2) is 0 Å². The van der Waals surface area contributed by atoms with Crippen LogP contribution in [-0.2, 0) is 9.53 Å². The lowest BCUT2D eigenvalue weighted by Gasteiger charge is -2.58. The zero-order valence-electron chi connectivity index (χ0n) is 22.2. The second-order valence-electron chi connectivity index (χ2n) is 13.2. The Bertz CT molecular complexity index is 742. The van der Waals surface area contributed by atoms with Crippen molar-refractivity contribution in [3.63, 3.8) is 0 Å². The lowest BCUT2D eigenvalue weighted by molar-refractivity contribution is -0.150. The highest BCUT2D eigenvalue weighted by Gasteiger charge is 2.59. The summed E-state index contributed by atoms with van der Waals surface area (Å²) in [5.41, 5.74) is 2.49. The van der Waals surface area contributed by atoms with Gasteiger partial charge in [-0.05, 0) is 98.2 Å². The number of esters is 1. The Morgan fingerprint density at radius 3 is 2.52 bits per heavy atom. The maximum Gasteiger partial charge on any atom is 0.319 e. The van der Waals surface area contributed by atoms with E-state index in [1.165, 1.54) is 57.8 Å². The van der Waals surface area contributed by atoms with Crippen LogP contribution < -0.4 is 0 Å². The monoisotopic (exact) mass is 520 g/mol. The van der Waals surface area contributed by atoms with E-state index in [1.807, 2.05) is 6.92 Å². The van der Waals surface area contributed by atoms with Gasteiger partial charge in [0.25, 0.3) is 0 Å². The Morgan fingerprint density at radius 2 is 1.82 bits per heavy atom. The molecule has 33 heavy (non-hydrogen) atoms. The van der Waals surface area contributed by atoms with Gasteiger partial charge in [-0.3, -0.25) is 4.79 Å². The summed E-state index contributed by atoms with van der Waals surface area (Å²) in [6, 6.07) is 0. The summed E-state index contributed by atoms with van der Waals surface area (Å²) in [5, 5.41) is 0. The minimum Gasteiger partial charge on any atom is -0.461 e. The highest BCUT2D eigenvalue weighted by molar-refractivity contribution is 9.10. The standard InChI is InChI=1S/C30H49BrO2/c1-19(2)8-7-9-20(3)25-12-13-26-24-11-10-22-18-23(33-28(32)21(4)31)14-16-29(22,5)27(24)15-17-30(25,26)6/h10,19-21,23-27H,7-9,11-18H2,1-6H3/t20?,21?,23-,24?,25?,26?,27?,29-,30+/m0/s1.